The number of fused-ring (bicyclic) bond motifs is 1. The molecule has 2 N–H and O–H groups in total. The highest BCUT2D eigenvalue weighted by atomic mass is 16.5. The molecule has 1 amide bonds. The summed E-state index contributed by atoms with van der Waals surface area (Å²) in [4.78, 5) is 12.8. The highest BCUT2D eigenvalue weighted by molar-refractivity contribution is 6.07. The lowest BCUT2D eigenvalue weighted by Crippen LogP contribution is -2.12. The highest BCUT2D eigenvalue weighted by Crippen LogP contribution is 2.32. The first-order valence-corrected chi connectivity index (χ1v) is 8.86. The van der Waals surface area contributed by atoms with E-state index in [1.807, 2.05) is 42.5 Å². The Morgan fingerprint density at radius 1 is 1.00 bits per heavy atom. The Labute approximate surface area is 162 Å². The van der Waals surface area contributed by atoms with Crippen LogP contribution in [0.25, 0.3) is 22.1 Å². The first kappa shape index (κ1) is 17.8. The topological polar surface area (TPSA) is 71.7 Å². The molecule has 0 saturated heterocycles. The highest BCUT2D eigenvalue weighted by Gasteiger charge is 2.13. The summed E-state index contributed by atoms with van der Waals surface area (Å²) >= 11 is 0. The van der Waals surface area contributed by atoms with Crippen molar-refractivity contribution < 1.29 is 19.1 Å². The van der Waals surface area contributed by atoms with Crippen LogP contribution >= 0.6 is 0 Å². The van der Waals surface area contributed by atoms with Gasteiger partial charge in [0, 0.05) is 11.1 Å². The zero-order chi connectivity index (χ0) is 19.5. The maximum absolute atomic E-state index is 12.8. The van der Waals surface area contributed by atoms with Crippen LogP contribution in [0.1, 0.15) is 16.1 Å². The molecule has 0 saturated carbocycles. The molecule has 140 valence electrons. The lowest BCUT2D eigenvalue weighted by Gasteiger charge is -2.12. The van der Waals surface area contributed by atoms with Crippen LogP contribution in [0, 0.1) is 0 Å². The number of carbonyl (C=O) groups excluding carboxylic acids is 1. The molecule has 0 bridgehead atoms. The number of furan rings is 1. The Kier molecular flexibility index (Phi) is 4.83. The van der Waals surface area contributed by atoms with Crippen LogP contribution in [0.5, 0.6) is 5.75 Å². The number of anilines is 1. The number of aliphatic hydroxyl groups is 1. The minimum Gasteiger partial charge on any atom is -0.495 e. The summed E-state index contributed by atoms with van der Waals surface area (Å²) in [6.07, 6.45) is 0. The first-order chi connectivity index (χ1) is 13.7. The standard InChI is InChI=1S/C23H19NO4/c1-27-22-10-8-17(21-11-9-19(14-25)28-21)13-20(22)24-23(26)18-7-6-15-4-2-3-5-16(15)12-18/h2-13,25H,14H2,1H3,(H,24,26). The number of hydrogen-bond donors (Lipinski definition) is 2. The third-order valence-electron chi connectivity index (χ3n) is 4.56. The molecule has 0 spiro atoms. The van der Waals surface area contributed by atoms with Crippen molar-refractivity contribution in [1.82, 2.24) is 0 Å². The van der Waals surface area contributed by atoms with Gasteiger partial charge in [-0.25, -0.2) is 0 Å². The molecule has 4 aromatic rings. The Hall–Kier alpha value is -3.57. The summed E-state index contributed by atoms with van der Waals surface area (Å²) < 4.78 is 11.0. The van der Waals surface area contributed by atoms with Gasteiger partial charge in [-0.05, 0) is 53.2 Å². The van der Waals surface area contributed by atoms with Gasteiger partial charge < -0.3 is 19.6 Å². The fourth-order valence-corrected chi connectivity index (χ4v) is 3.10. The van der Waals surface area contributed by atoms with Gasteiger partial charge in [0.15, 0.2) is 0 Å². The molecule has 0 atom stereocenters. The number of amides is 1. The van der Waals surface area contributed by atoms with Gasteiger partial charge in [-0.15, -0.1) is 0 Å². The van der Waals surface area contributed by atoms with E-state index in [1.165, 1.54) is 0 Å². The van der Waals surface area contributed by atoms with Crippen LogP contribution in [0.15, 0.2) is 77.2 Å². The Balaban J connectivity index is 1.65. The van der Waals surface area contributed by atoms with Crippen LogP contribution in [-0.2, 0) is 6.61 Å². The first-order valence-electron chi connectivity index (χ1n) is 8.86. The second-order valence-corrected chi connectivity index (χ2v) is 6.36. The number of hydrogen-bond acceptors (Lipinski definition) is 4. The average Bonchev–Trinajstić information content (AvgIpc) is 3.22. The van der Waals surface area contributed by atoms with Gasteiger partial charge >= 0.3 is 0 Å². The van der Waals surface area contributed by atoms with E-state index < -0.39 is 0 Å². The van der Waals surface area contributed by atoms with Crippen molar-refractivity contribution in [2.24, 2.45) is 0 Å². The van der Waals surface area contributed by atoms with Crippen LogP contribution < -0.4 is 10.1 Å². The van der Waals surface area contributed by atoms with E-state index >= 15 is 0 Å². The predicted molar refractivity (Wildman–Crippen MR) is 109 cm³/mol. The van der Waals surface area contributed by atoms with E-state index in [0.717, 1.165) is 16.3 Å². The van der Waals surface area contributed by atoms with E-state index in [9.17, 15) is 9.90 Å². The zero-order valence-electron chi connectivity index (χ0n) is 15.3. The summed E-state index contributed by atoms with van der Waals surface area (Å²) in [5.74, 6) is 1.41. The minimum absolute atomic E-state index is 0.165. The minimum atomic E-state index is -0.225. The second kappa shape index (κ2) is 7.58. The van der Waals surface area contributed by atoms with Crippen LogP contribution in [0.2, 0.25) is 0 Å². The van der Waals surface area contributed by atoms with Gasteiger partial charge in [-0.3, -0.25) is 4.79 Å². The smallest absolute Gasteiger partial charge is 0.255 e. The van der Waals surface area contributed by atoms with Crippen molar-refractivity contribution in [3.63, 3.8) is 0 Å². The van der Waals surface area contributed by atoms with Crippen LogP contribution in [0.4, 0.5) is 5.69 Å². The summed E-state index contributed by atoms with van der Waals surface area (Å²) in [5.41, 5.74) is 1.88. The molecule has 28 heavy (non-hydrogen) atoms. The third-order valence-corrected chi connectivity index (χ3v) is 4.56. The molecule has 0 aliphatic heterocycles. The lowest BCUT2D eigenvalue weighted by molar-refractivity contribution is 0.102. The predicted octanol–water partition coefficient (Wildman–Crippen LogP) is 4.85. The number of methoxy groups -OCH3 is 1. The molecular weight excluding hydrogens is 354 g/mol. The summed E-state index contributed by atoms with van der Waals surface area (Å²) in [7, 11) is 1.55. The molecule has 5 heteroatoms. The van der Waals surface area contributed by atoms with E-state index in [1.54, 1.807) is 37.4 Å². The molecule has 3 aromatic carbocycles. The lowest BCUT2D eigenvalue weighted by atomic mass is 10.1. The molecule has 1 aromatic heterocycles. The third kappa shape index (κ3) is 3.48. The fraction of sp³-hybridized carbons (Fsp3) is 0.0870. The van der Waals surface area contributed by atoms with E-state index in [-0.39, 0.29) is 12.5 Å². The SMILES string of the molecule is COc1ccc(-c2ccc(CO)o2)cc1NC(=O)c1ccc2ccccc2c1. The summed E-state index contributed by atoms with van der Waals surface area (Å²) in [5, 5.41) is 14.2. The van der Waals surface area contributed by atoms with Gasteiger partial charge in [0.1, 0.15) is 23.9 Å². The Bertz CT molecular complexity index is 1150. The fourth-order valence-electron chi connectivity index (χ4n) is 3.10. The van der Waals surface area contributed by atoms with Gasteiger partial charge in [-0.2, -0.15) is 0 Å². The summed E-state index contributed by atoms with van der Waals surface area (Å²) in [6, 6.07) is 22.4. The van der Waals surface area contributed by atoms with Gasteiger partial charge in [0.05, 0.1) is 12.8 Å². The van der Waals surface area contributed by atoms with Gasteiger partial charge in [0.2, 0.25) is 0 Å². The maximum atomic E-state index is 12.8. The molecule has 0 fully saturated rings. The van der Waals surface area contributed by atoms with Crippen molar-refractivity contribution in [3.8, 4) is 17.1 Å². The number of rotatable bonds is 5. The number of carbonyl (C=O) groups is 1. The molecule has 0 radical (unpaired) electrons. The Morgan fingerprint density at radius 2 is 1.82 bits per heavy atom. The molecule has 5 nitrogen and oxygen atoms in total. The van der Waals surface area contributed by atoms with Crippen molar-refractivity contribution in [1.29, 1.82) is 0 Å². The van der Waals surface area contributed by atoms with Crippen molar-refractivity contribution in [2.75, 3.05) is 12.4 Å². The van der Waals surface area contributed by atoms with Crippen LogP contribution in [-0.4, -0.2) is 18.1 Å². The van der Waals surface area contributed by atoms with Crippen molar-refractivity contribution in [2.45, 2.75) is 6.61 Å². The molecule has 1 heterocycles. The number of benzene rings is 3. The number of ether oxygens (including phenoxy) is 1. The quantitative estimate of drug-likeness (QED) is 0.524. The zero-order valence-corrected chi connectivity index (χ0v) is 15.3. The monoisotopic (exact) mass is 373 g/mol. The van der Waals surface area contributed by atoms with E-state index in [0.29, 0.717) is 28.5 Å². The molecular formula is C23H19NO4. The number of aliphatic hydroxyl groups excluding tert-OH is 1. The molecule has 0 aliphatic rings. The second-order valence-electron chi connectivity index (χ2n) is 6.36. The summed E-state index contributed by atoms with van der Waals surface area (Å²) in [6.45, 7) is -0.165. The van der Waals surface area contributed by atoms with Gasteiger partial charge in [0.25, 0.3) is 5.91 Å². The van der Waals surface area contributed by atoms with E-state index in [2.05, 4.69) is 5.32 Å². The Morgan fingerprint density at radius 3 is 2.57 bits per heavy atom. The largest absolute Gasteiger partial charge is 0.495 e. The normalized spacial score (nSPS) is 10.8. The van der Waals surface area contributed by atoms with Crippen molar-refractivity contribution in [3.05, 3.63) is 84.1 Å². The number of nitrogens with one attached hydrogen (secondary N) is 1. The average molecular weight is 373 g/mol. The molecule has 0 unspecified atom stereocenters. The molecule has 0 aliphatic carbocycles. The van der Waals surface area contributed by atoms with Crippen LogP contribution in [0.3, 0.4) is 0 Å². The van der Waals surface area contributed by atoms with E-state index in [4.69, 9.17) is 9.15 Å². The van der Waals surface area contributed by atoms with Gasteiger partial charge in [-0.1, -0.05) is 30.3 Å². The molecule has 4 rings (SSSR count). The maximum Gasteiger partial charge on any atom is 0.255 e. The van der Waals surface area contributed by atoms with Crippen molar-refractivity contribution >= 4 is 22.4 Å².